The largest absolute Gasteiger partial charge is 0.464 e. The Kier molecular flexibility index (Phi) is 4.22. The summed E-state index contributed by atoms with van der Waals surface area (Å²) < 4.78 is 10.1. The van der Waals surface area contributed by atoms with Gasteiger partial charge in [0.2, 0.25) is 0 Å². The summed E-state index contributed by atoms with van der Waals surface area (Å²) in [4.78, 5) is 10.9. The first-order valence-electron chi connectivity index (χ1n) is 5.03. The van der Waals surface area contributed by atoms with Crippen LogP contribution in [0.1, 0.15) is 33.1 Å². The number of esters is 1. The van der Waals surface area contributed by atoms with E-state index in [0.29, 0.717) is 12.7 Å². The van der Waals surface area contributed by atoms with Gasteiger partial charge in [-0.25, -0.2) is 4.79 Å². The summed E-state index contributed by atoms with van der Waals surface area (Å²) in [5.41, 5.74) is 0. The van der Waals surface area contributed by atoms with Crippen molar-refractivity contribution >= 4 is 5.97 Å². The quantitative estimate of drug-likeness (QED) is 0.614. The van der Waals surface area contributed by atoms with E-state index in [0.717, 1.165) is 18.8 Å². The summed E-state index contributed by atoms with van der Waals surface area (Å²) in [6, 6.07) is 0. The average Bonchev–Trinajstić information content (AvgIpc) is 2.02. The minimum atomic E-state index is -0.248. The Morgan fingerprint density at radius 1 is 1.38 bits per heavy atom. The van der Waals surface area contributed by atoms with E-state index in [2.05, 4.69) is 6.92 Å². The van der Waals surface area contributed by atoms with Crippen LogP contribution in [0.4, 0.5) is 0 Å². The second-order valence-electron chi connectivity index (χ2n) is 3.48. The second-order valence-corrected chi connectivity index (χ2v) is 3.48. The van der Waals surface area contributed by atoms with Gasteiger partial charge < -0.3 is 9.47 Å². The van der Waals surface area contributed by atoms with Crippen LogP contribution in [0.5, 0.6) is 0 Å². The Balaban J connectivity index is 1.98. The van der Waals surface area contributed by atoms with Crippen molar-refractivity contribution in [1.82, 2.24) is 0 Å². The van der Waals surface area contributed by atoms with Crippen molar-refractivity contribution in [1.29, 1.82) is 0 Å². The van der Waals surface area contributed by atoms with E-state index >= 15 is 0 Å². The summed E-state index contributed by atoms with van der Waals surface area (Å²) >= 11 is 0. The predicted octanol–water partition coefficient (Wildman–Crippen LogP) is 1.75. The van der Waals surface area contributed by atoms with Gasteiger partial charge in [-0.15, -0.1) is 0 Å². The van der Waals surface area contributed by atoms with Crippen molar-refractivity contribution in [2.75, 3.05) is 13.2 Å². The number of hydrogen-bond donors (Lipinski definition) is 0. The molecule has 1 aliphatic rings. The molecule has 3 nitrogen and oxygen atoms in total. The van der Waals surface area contributed by atoms with Gasteiger partial charge in [0.15, 0.2) is 0 Å². The van der Waals surface area contributed by atoms with Crippen LogP contribution in [-0.4, -0.2) is 25.3 Å². The van der Waals surface area contributed by atoms with Crippen LogP contribution in [0.3, 0.4) is 0 Å². The van der Waals surface area contributed by atoms with Gasteiger partial charge >= 0.3 is 5.97 Å². The minimum Gasteiger partial charge on any atom is -0.464 e. The maximum absolute atomic E-state index is 10.9. The van der Waals surface area contributed by atoms with Crippen molar-refractivity contribution in [3.8, 4) is 0 Å². The Bertz CT molecular complexity index is 162. The highest BCUT2D eigenvalue weighted by atomic mass is 16.6. The molecule has 76 valence electrons. The molecule has 1 rings (SSSR count). The summed E-state index contributed by atoms with van der Waals surface area (Å²) in [5, 5.41) is 0. The van der Waals surface area contributed by atoms with Gasteiger partial charge in [-0.1, -0.05) is 13.3 Å². The number of rotatable bonds is 5. The smallest absolute Gasteiger partial charge is 0.332 e. The highest BCUT2D eigenvalue weighted by Gasteiger charge is 2.28. The fourth-order valence-corrected chi connectivity index (χ4v) is 1.53. The fourth-order valence-electron chi connectivity index (χ4n) is 1.53. The second kappa shape index (κ2) is 5.22. The molecule has 1 saturated carbocycles. The van der Waals surface area contributed by atoms with Crippen molar-refractivity contribution in [2.24, 2.45) is 5.92 Å². The van der Waals surface area contributed by atoms with Gasteiger partial charge in [-0.2, -0.15) is 0 Å². The fraction of sp³-hybridized carbons (Fsp3) is 0.900. The minimum absolute atomic E-state index is 0.120. The monoisotopic (exact) mass is 186 g/mol. The molecule has 0 radical (unpaired) electrons. The Labute approximate surface area is 79.4 Å². The predicted molar refractivity (Wildman–Crippen MR) is 49.4 cm³/mol. The zero-order chi connectivity index (χ0) is 9.68. The molecule has 1 aliphatic carbocycles. The molecule has 0 amide bonds. The molecule has 0 bridgehead atoms. The molecule has 0 saturated heterocycles. The number of carbonyl (C=O) groups excluding carboxylic acids is 1. The molecule has 0 heterocycles. The summed E-state index contributed by atoms with van der Waals surface area (Å²) in [6.07, 6.45) is 3.74. The SMILES string of the molecule is CCOC(=O)CO[C@H]1C[C@H](CC)C1. The first-order chi connectivity index (χ1) is 6.26. The lowest BCUT2D eigenvalue weighted by Gasteiger charge is -2.34. The van der Waals surface area contributed by atoms with Gasteiger partial charge in [0, 0.05) is 0 Å². The third kappa shape index (κ3) is 3.35. The Morgan fingerprint density at radius 2 is 2.08 bits per heavy atom. The molecule has 3 heteroatoms. The van der Waals surface area contributed by atoms with Crippen LogP contribution in [0.15, 0.2) is 0 Å². The zero-order valence-corrected chi connectivity index (χ0v) is 8.41. The summed E-state index contributed by atoms with van der Waals surface area (Å²) in [6.45, 7) is 4.54. The third-order valence-electron chi connectivity index (χ3n) is 2.51. The molecule has 0 atom stereocenters. The van der Waals surface area contributed by atoms with Crippen LogP contribution in [0.2, 0.25) is 0 Å². The van der Waals surface area contributed by atoms with Crippen LogP contribution in [0.25, 0.3) is 0 Å². The number of ether oxygens (including phenoxy) is 2. The molecule has 13 heavy (non-hydrogen) atoms. The standard InChI is InChI=1S/C10H18O3/c1-3-8-5-9(6-8)13-7-10(11)12-4-2/h8-9H,3-7H2,1-2H3/t8-,9-. The summed E-state index contributed by atoms with van der Waals surface area (Å²) in [7, 11) is 0. The van der Waals surface area contributed by atoms with Crippen LogP contribution >= 0.6 is 0 Å². The van der Waals surface area contributed by atoms with E-state index in [-0.39, 0.29) is 12.6 Å². The average molecular weight is 186 g/mol. The number of hydrogen-bond acceptors (Lipinski definition) is 3. The van der Waals surface area contributed by atoms with Gasteiger partial charge in [-0.3, -0.25) is 0 Å². The van der Waals surface area contributed by atoms with Crippen molar-refractivity contribution in [3.05, 3.63) is 0 Å². The van der Waals surface area contributed by atoms with Gasteiger partial charge in [-0.05, 0) is 25.7 Å². The molecule has 0 aliphatic heterocycles. The van der Waals surface area contributed by atoms with E-state index in [9.17, 15) is 4.79 Å². The molecule has 0 aromatic carbocycles. The van der Waals surface area contributed by atoms with Gasteiger partial charge in [0.25, 0.3) is 0 Å². The van der Waals surface area contributed by atoms with E-state index < -0.39 is 0 Å². The lowest BCUT2D eigenvalue weighted by Crippen LogP contribution is -2.32. The maximum Gasteiger partial charge on any atom is 0.332 e. The van der Waals surface area contributed by atoms with Gasteiger partial charge in [0.05, 0.1) is 12.7 Å². The first-order valence-corrected chi connectivity index (χ1v) is 5.03. The lowest BCUT2D eigenvalue weighted by atomic mass is 9.80. The van der Waals surface area contributed by atoms with Gasteiger partial charge in [0.1, 0.15) is 6.61 Å². The molecule has 0 aromatic rings. The molecular formula is C10H18O3. The molecule has 1 fully saturated rings. The van der Waals surface area contributed by atoms with Crippen LogP contribution in [-0.2, 0) is 14.3 Å². The molecule has 0 unspecified atom stereocenters. The first kappa shape index (κ1) is 10.5. The normalized spacial score (nSPS) is 26.6. The molecule has 0 N–H and O–H groups in total. The molecular weight excluding hydrogens is 168 g/mol. The zero-order valence-electron chi connectivity index (χ0n) is 8.41. The van der Waals surface area contributed by atoms with Crippen LogP contribution < -0.4 is 0 Å². The van der Waals surface area contributed by atoms with E-state index in [4.69, 9.17) is 9.47 Å². The van der Waals surface area contributed by atoms with Crippen molar-refractivity contribution in [2.45, 2.75) is 39.2 Å². The Hall–Kier alpha value is -0.570. The Morgan fingerprint density at radius 3 is 2.62 bits per heavy atom. The van der Waals surface area contributed by atoms with E-state index in [1.165, 1.54) is 6.42 Å². The maximum atomic E-state index is 10.9. The van der Waals surface area contributed by atoms with E-state index in [1.54, 1.807) is 6.92 Å². The third-order valence-corrected chi connectivity index (χ3v) is 2.51. The topological polar surface area (TPSA) is 35.5 Å². The van der Waals surface area contributed by atoms with Crippen molar-refractivity contribution < 1.29 is 14.3 Å². The number of carbonyl (C=O) groups is 1. The van der Waals surface area contributed by atoms with Crippen molar-refractivity contribution in [3.63, 3.8) is 0 Å². The summed E-state index contributed by atoms with van der Waals surface area (Å²) in [5.74, 6) is 0.564. The van der Waals surface area contributed by atoms with E-state index in [1.807, 2.05) is 0 Å². The molecule has 0 spiro atoms. The van der Waals surface area contributed by atoms with Crippen LogP contribution in [0, 0.1) is 5.92 Å². The molecule has 0 aromatic heterocycles. The lowest BCUT2D eigenvalue weighted by molar-refractivity contribution is -0.153. The highest BCUT2D eigenvalue weighted by Crippen LogP contribution is 2.32. The highest BCUT2D eigenvalue weighted by molar-refractivity contribution is 5.70.